The maximum absolute atomic E-state index is 14.3. The Labute approximate surface area is 419 Å². The summed E-state index contributed by atoms with van der Waals surface area (Å²) in [6, 6.07) is -6.64. The highest BCUT2D eigenvalue weighted by atomic mass is 16.3. The maximum Gasteiger partial charge on any atom is 0.248 e. The van der Waals surface area contributed by atoms with E-state index in [1.54, 1.807) is 6.07 Å². The topological polar surface area (TPSA) is 372 Å². The number of carbonyl (C=O) groups is 7. The number of phenols is 1. The maximum atomic E-state index is 14.3. The first kappa shape index (κ1) is 59.1. The monoisotopic (exact) mass is 1020 g/mol. The van der Waals surface area contributed by atoms with Gasteiger partial charge in [-0.3, -0.25) is 33.6 Å². The second-order valence-corrected chi connectivity index (χ2v) is 19.7. The Bertz CT molecular complexity index is 2040. The van der Waals surface area contributed by atoms with Gasteiger partial charge in [0.2, 0.25) is 41.4 Å². The van der Waals surface area contributed by atoms with Gasteiger partial charge in [0.05, 0.1) is 37.1 Å². The molecule has 4 rings (SSSR count). The van der Waals surface area contributed by atoms with Crippen LogP contribution in [-0.4, -0.2) is 185 Å². The molecule has 2 unspecified atom stereocenters. The van der Waals surface area contributed by atoms with Gasteiger partial charge < -0.3 is 77.2 Å². The third-order valence-electron chi connectivity index (χ3n) is 14.0. The molecule has 7 amide bonds. The van der Waals surface area contributed by atoms with Crippen LogP contribution in [0.4, 0.5) is 0 Å². The molecule has 402 valence electrons. The summed E-state index contributed by atoms with van der Waals surface area (Å²) in [5, 5.41) is 109. The third-order valence-corrected chi connectivity index (χ3v) is 14.0. The first-order valence-electron chi connectivity index (χ1n) is 25.1. The fraction of sp³-hybridized carbons (Fsp3) is 0.714. The second-order valence-electron chi connectivity index (χ2n) is 19.7. The molecule has 1 aromatic rings. The number of aromatic hydroxyl groups is 1. The highest BCUT2D eigenvalue weighted by molar-refractivity contribution is 5.98. The van der Waals surface area contributed by atoms with E-state index in [1.165, 1.54) is 31.9 Å². The van der Waals surface area contributed by atoms with Gasteiger partial charge in [-0.2, -0.15) is 5.26 Å². The van der Waals surface area contributed by atoms with Gasteiger partial charge in [-0.1, -0.05) is 90.7 Å². The summed E-state index contributed by atoms with van der Waals surface area (Å²) in [6.45, 7) is 5.01. The highest BCUT2D eigenvalue weighted by Gasteiger charge is 2.49. The van der Waals surface area contributed by atoms with Gasteiger partial charge in [0, 0.05) is 38.3 Å². The number of phenolic OH excluding ortho intramolecular Hbond substituents is 1. The van der Waals surface area contributed by atoms with Gasteiger partial charge in [-0.25, -0.2) is 0 Å². The lowest BCUT2D eigenvalue weighted by atomic mass is 9.97. The molecule has 3 heterocycles. The number of rotatable bonds is 18. The number of carbonyl (C=O) groups excluding carboxylic acids is 7. The number of aliphatic hydroxyl groups is 7. The molecule has 0 spiro atoms. The summed E-state index contributed by atoms with van der Waals surface area (Å²) in [5.41, 5.74) is -0.0591. The van der Waals surface area contributed by atoms with E-state index in [9.17, 15) is 79.7 Å². The van der Waals surface area contributed by atoms with Gasteiger partial charge in [0.15, 0.2) is 0 Å². The molecule has 3 aliphatic heterocycles. The fourth-order valence-corrected chi connectivity index (χ4v) is 9.30. The van der Waals surface area contributed by atoms with E-state index < -0.39 is 152 Å². The number of nitriles is 1. The van der Waals surface area contributed by atoms with Gasteiger partial charge in [-0.15, -0.1) is 0 Å². The molecule has 0 radical (unpaired) electrons. The van der Waals surface area contributed by atoms with Crippen LogP contribution in [0.3, 0.4) is 0 Å². The van der Waals surface area contributed by atoms with Crippen LogP contribution in [0.1, 0.15) is 123 Å². The van der Waals surface area contributed by atoms with Crippen molar-refractivity contribution in [1.82, 2.24) is 36.4 Å². The number of nitrogens with one attached hydrogen (secondary N) is 5. The summed E-state index contributed by atoms with van der Waals surface area (Å²) in [4.78, 5) is 100.0. The third kappa shape index (κ3) is 16.0. The Balaban J connectivity index is 1.68. The summed E-state index contributed by atoms with van der Waals surface area (Å²) >= 11 is 0. The van der Waals surface area contributed by atoms with Crippen LogP contribution >= 0.6 is 0 Å². The Morgan fingerprint density at radius 3 is 1.99 bits per heavy atom. The second kappa shape index (κ2) is 28.1. The van der Waals surface area contributed by atoms with Crippen molar-refractivity contribution < 1.29 is 74.4 Å². The molecule has 0 bridgehead atoms. The lowest BCUT2D eigenvalue weighted by Crippen LogP contribution is -2.63. The number of fused-ring (bicyclic) bond motifs is 2. The molecule has 0 aliphatic carbocycles. The van der Waals surface area contributed by atoms with Crippen molar-refractivity contribution in [2.24, 2.45) is 11.8 Å². The molecular weight excluding hydrogens is 941 g/mol. The molecule has 15 atom stereocenters. The Kier molecular flexibility index (Phi) is 23.1. The van der Waals surface area contributed by atoms with Crippen molar-refractivity contribution in [2.75, 3.05) is 19.7 Å². The first-order chi connectivity index (χ1) is 34.1. The molecule has 1 aromatic carbocycles. The number of unbranched alkanes of at least 4 members (excludes halogenated alkanes) is 7. The standard InChI is InChI=1S/C49H76N8O15/c1-5-26(2)14-12-10-8-6-7-9-11-13-15-37(63)51-32-21-36(62)33(22-50)52-47(70)40-41(64)27(3)23-57(40)48(71)34(25-58)53-46(69)39(43(66)42(65)29-16-18-30(60)19-17-29)55-45(68)35-20-31(61)24-56(35)49(72)38(28(4)59)54-44(32)67/h16-19,26-28,31-36,38-43,58-62,64-66H,5-15,20-21,23-25H2,1-4H3,(H,51,63)(H,52,70)(H,53,69)(H,54,67)(H,55,68)/t26?,27-,28+,31+,32+,33?,34-,35-,36-,38-,39-,40-,41-,42+,43+/m0/s1. The lowest BCUT2D eigenvalue weighted by molar-refractivity contribution is -0.147. The van der Waals surface area contributed by atoms with Crippen LogP contribution in [0.5, 0.6) is 5.75 Å². The molecule has 3 saturated heterocycles. The summed E-state index contributed by atoms with van der Waals surface area (Å²) in [7, 11) is 0. The average Bonchev–Trinajstić information content (AvgIpc) is 3.89. The largest absolute Gasteiger partial charge is 0.508 e. The van der Waals surface area contributed by atoms with Crippen molar-refractivity contribution in [2.45, 2.75) is 190 Å². The summed E-state index contributed by atoms with van der Waals surface area (Å²) < 4.78 is 0. The zero-order valence-corrected chi connectivity index (χ0v) is 41.6. The predicted octanol–water partition coefficient (Wildman–Crippen LogP) is -2.01. The van der Waals surface area contributed by atoms with Crippen LogP contribution in [0.25, 0.3) is 0 Å². The molecule has 0 saturated carbocycles. The Morgan fingerprint density at radius 1 is 0.778 bits per heavy atom. The smallest absolute Gasteiger partial charge is 0.248 e. The molecule has 13 N–H and O–H groups in total. The van der Waals surface area contributed by atoms with E-state index in [2.05, 4.69) is 40.4 Å². The Morgan fingerprint density at radius 2 is 1.39 bits per heavy atom. The van der Waals surface area contributed by atoms with Gasteiger partial charge in [0.1, 0.15) is 60.3 Å². The van der Waals surface area contributed by atoms with Gasteiger partial charge in [0.25, 0.3) is 0 Å². The first-order valence-corrected chi connectivity index (χ1v) is 25.1. The molecular formula is C49H76N8O15. The van der Waals surface area contributed by atoms with E-state index in [-0.39, 0.29) is 24.3 Å². The number of benzene rings is 1. The van der Waals surface area contributed by atoms with Crippen molar-refractivity contribution in [1.29, 1.82) is 5.26 Å². The van der Waals surface area contributed by atoms with Crippen molar-refractivity contribution >= 4 is 41.4 Å². The highest BCUT2D eigenvalue weighted by Crippen LogP contribution is 2.27. The van der Waals surface area contributed by atoms with Gasteiger partial charge in [-0.05, 0) is 37.0 Å². The van der Waals surface area contributed by atoms with Crippen LogP contribution in [0.15, 0.2) is 24.3 Å². The molecule has 3 aliphatic rings. The molecule has 23 nitrogen and oxygen atoms in total. The molecule has 72 heavy (non-hydrogen) atoms. The number of hydrogen-bond donors (Lipinski definition) is 13. The SMILES string of the molecule is CCC(C)CCCCCCCCCCC(=O)N[C@@H]1C[C@H](O)C(C#N)NC(=O)[C@@H]2[C@@H](O)[C@@H](C)CN2C(=O)[C@H](CO)NC(=O)[C@H]([C@@H](O)[C@H](O)c2ccc(O)cc2)NC(=O)[C@@H]2C[C@@H](O)CN2C(=O)[C@H]([C@@H](C)O)NC1=O. The zero-order chi connectivity index (χ0) is 53.4. The van der Waals surface area contributed by atoms with E-state index in [0.717, 1.165) is 67.4 Å². The zero-order valence-electron chi connectivity index (χ0n) is 41.6. The number of hydrogen-bond acceptors (Lipinski definition) is 16. The lowest BCUT2D eigenvalue weighted by Gasteiger charge is -2.33. The van der Waals surface area contributed by atoms with Gasteiger partial charge >= 0.3 is 0 Å². The van der Waals surface area contributed by atoms with E-state index in [0.29, 0.717) is 18.8 Å². The average molecular weight is 1020 g/mol. The van der Waals surface area contributed by atoms with Crippen LogP contribution < -0.4 is 26.6 Å². The van der Waals surface area contributed by atoms with Crippen molar-refractivity contribution in [3.05, 3.63) is 29.8 Å². The minimum Gasteiger partial charge on any atom is -0.508 e. The molecule has 3 fully saturated rings. The quantitative estimate of drug-likeness (QED) is 0.0707. The van der Waals surface area contributed by atoms with E-state index in [1.807, 2.05) is 0 Å². The Hall–Kier alpha value is -5.48. The minimum absolute atomic E-state index is 0.0517. The van der Waals surface area contributed by atoms with Crippen molar-refractivity contribution in [3.8, 4) is 11.8 Å². The van der Waals surface area contributed by atoms with Crippen molar-refractivity contribution in [3.63, 3.8) is 0 Å². The summed E-state index contributed by atoms with van der Waals surface area (Å²) in [6.07, 6.45) is -2.34. The predicted molar refractivity (Wildman–Crippen MR) is 256 cm³/mol. The number of aliphatic hydroxyl groups excluding tert-OH is 7. The summed E-state index contributed by atoms with van der Waals surface area (Å²) in [5.74, 6) is -8.14. The fourth-order valence-electron chi connectivity index (χ4n) is 9.30. The van der Waals surface area contributed by atoms with Crippen LogP contribution in [-0.2, 0) is 33.6 Å². The van der Waals surface area contributed by atoms with Crippen LogP contribution in [0, 0.1) is 23.2 Å². The normalized spacial score (nSPS) is 29.8. The number of amides is 7. The van der Waals surface area contributed by atoms with E-state index >= 15 is 0 Å². The van der Waals surface area contributed by atoms with Crippen LogP contribution in [0.2, 0.25) is 0 Å². The van der Waals surface area contributed by atoms with E-state index in [4.69, 9.17) is 0 Å². The molecule has 0 aromatic heterocycles. The molecule has 23 heteroatoms. The minimum atomic E-state index is -2.26. The number of nitrogens with zero attached hydrogens (tertiary/aromatic N) is 3.